The predicted octanol–water partition coefficient (Wildman–Crippen LogP) is 3.70. The fourth-order valence-electron chi connectivity index (χ4n) is 2.96. The van der Waals surface area contributed by atoms with Crippen LogP contribution in [0.5, 0.6) is 0 Å². The van der Waals surface area contributed by atoms with Crippen LogP contribution in [-0.4, -0.2) is 23.0 Å². The second-order valence-corrected chi connectivity index (χ2v) is 5.42. The molecule has 0 aromatic carbocycles. The maximum atomic E-state index is 12.9. The van der Waals surface area contributed by atoms with E-state index in [0.717, 1.165) is 31.2 Å². The summed E-state index contributed by atoms with van der Waals surface area (Å²) in [5, 5.41) is 0. The first kappa shape index (κ1) is 14.2. The first-order valence-corrected chi connectivity index (χ1v) is 7.28. The van der Waals surface area contributed by atoms with Crippen molar-refractivity contribution in [1.29, 1.82) is 0 Å². The molecule has 1 saturated carbocycles. The summed E-state index contributed by atoms with van der Waals surface area (Å²) in [4.78, 5) is 17.0. The molecule has 19 heavy (non-hydrogen) atoms. The molecule has 1 fully saturated rings. The van der Waals surface area contributed by atoms with E-state index in [1.807, 2.05) is 19.9 Å². The molecule has 104 valence electrons. The molecule has 3 nitrogen and oxygen atoms in total. The van der Waals surface area contributed by atoms with Crippen LogP contribution in [-0.2, 0) is 4.74 Å². The van der Waals surface area contributed by atoms with Gasteiger partial charge in [-0.25, -0.2) is 0 Å². The van der Waals surface area contributed by atoms with E-state index in [-0.39, 0.29) is 5.78 Å². The van der Waals surface area contributed by atoms with E-state index >= 15 is 0 Å². The maximum Gasteiger partial charge on any atom is 0.196 e. The van der Waals surface area contributed by atoms with Gasteiger partial charge in [-0.3, -0.25) is 9.78 Å². The van der Waals surface area contributed by atoms with Crippen molar-refractivity contribution in [2.45, 2.75) is 58.0 Å². The number of hydrogen-bond donors (Lipinski definition) is 0. The van der Waals surface area contributed by atoms with Gasteiger partial charge < -0.3 is 4.74 Å². The summed E-state index contributed by atoms with van der Waals surface area (Å²) in [7, 11) is 0. The number of ether oxygens (including phenoxy) is 1. The highest BCUT2D eigenvalue weighted by atomic mass is 16.5. The van der Waals surface area contributed by atoms with Gasteiger partial charge in [0.05, 0.1) is 0 Å². The average Bonchev–Trinajstić information content (AvgIpc) is 2.65. The van der Waals surface area contributed by atoms with Crippen LogP contribution in [0.1, 0.15) is 61.4 Å². The van der Waals surface area contributed by atoms with E-state index < -0.39 is 5.60 Å². The van der Waals surface area contributed by atoms with Gasteiger partial charge in [0, 0.05) is 24.6 Å². The summed E-state index contributed by atoms with van der Waals surface area (Å²) >= 11 is 0. The summed E-state index contributed by atoms with van der Waals surface area (Å²) in [6.07, 6.45) is 9.68. The Morgan fingerprint density at radius 1 is 1.26 bits per heavy atom. The Kier molecular flexibility index (Phi) is 4.70. The van der Waals surface area contributed by atoms with Crippen molar-refractivity contribution in [2.75, 3.05) is 6.61 Å². The monoisotopic (exact) mass is 261 g/mol. The molecule has 0 N–H and O–H groups in total. The quantitative estimate of drug-likeness (QED) is 0.612. The molecule has 1 aliphatic carbocycles. The largest absolute Gasteiger partial charge is 0.367 e. The molecule has 0 spiro atoms. The van der Waals surface area contributed by atoms with Crippen LogP contribution in [0.25, 0.3) is 0 Å². The van der Waals surface area contributed by atoms with Crippen molar-refractivity contribution in [1.82, 2.24) is 4.98 Å². The number of pyridine rings is 1. The molecule has 0 saturated heterocycles. The molecule has 1 aliphatic rings. The number of ketones is 1. The molecule has 0 radical (unpaired) electrons. The van der Waals surface area contributed by atoms with Crippen molar-refractivity contribution in [3.8, 4) is 0 Å². The highest BCUT2D eigenvalue weighted by Crippen LogP contribution is 2.33. The van der Waals surface area contributed by atoms with Crippen LogP contribution in [0.3, 0.4) is 0 Å². The van der Waals surface area contributed by atoms with Gasteiger partial charge in [0.15, 0.2) is 5.78 Å². The number of rotatable bonds is 4. The Bertz CT molecular complexity index is 434. The molecule has 1 aromatic rings. The zero-order valence-electron chi connectivity index (χ0n) is 11.9. The van der Waals surface area contributed by atoms with Crippen molar-refractivity contribution in [2.24, 2.45) is 0 Å². The van der Waals surface area contributed by atoms with E-state index in [1.54, 1.807) is 12.4 Å². The lowest BCUT2D eigenvalue weighted by Crippen LogP contribution is -2.41. The van der Waals surface area contributed by atoms with Crippen LogP contribution in [0, 0.1) is 6.92 Å². The zero-order chi connectivity index (χ0) is 13.7. The molecule has 0 aliphatic heterocycles. The predicted molar refractivity (Wildman–Crippen MR) is 75.4 cm³/mol. The maximum absolute atomic E-state index is 12.9. The highest BCUT2D eigenvalue weighted by Gasteiger charge is 2.39. The van der Waals surface area contributed by atoms with E-state index in [2.05, 4.69) is 4.98 Å². The van der Waals surface area contributed by atoms with Crippen molar-refractivity contribution in [3.05, 3.63) is 29.6 Å². The zero-order valence-corrected chi connectivity index (χ0v) is 11.9. The molecular formula is C16H23NO2. The second-order valence-electron chi connectivity index (χ2n) is 5.42. The lowest BCUT2D eigenvalue weighted by molar-refractivity contribution is -0.0292. The second kappa shape index (κ2) is 6.29. The fraction of sp³-hybridized carbons (Fsp3) is 0.625. The summed E-state index contributed by atoms with van der Waals surface area (Å²) < 4.78 is 5.93. The summed E-state index contributed by atoms with van der Waals surface area (Å²) in [6, 6.07) is 1.92. The first-order valence-electron chi connectivity index (χ1n) is 7.28. The number of aryl methyl sites for hydroxylation is 1. The molecule has 1 heterocycles. The Hall–Kier alpha value is -1.22. The smallest absolute Gasteiger partial charge is 0.196 e. The van der Waals surface area contributed by atoms with Gasteiger partial charge in [0.25, 0.3) is 0 Å². The summed E-state index contributed by atoms with van der Waals surface area (Å²) in [6.45, 7) is 4.52. The van der Waals surface area contributed by atoms with E-state index in [4.69, 9.17) is 4.74 Å². The highest BCUT2D eigenvalue weighted by molar-refractivity contribution is 6.02. The molecular weight excluding hydrogens is 238 g/mol. The van der Waals surface area contributed by atoms with Gasteiger partial charge in [-0.1, -0.05) is 25.7 Å². The van der Waals surface area contributed by atoms with E-state index in [1.165, 1.54) is 12.8 Å². The lowest BCUT2D eigenvalue weighted by Gasteiger charge is -2.31. The molecule has 3 heteroatoms. The molecule has 0 unspecified atom stereocenters. The Balaban J connectivity index is 2.29. The van der Waals surface area contributed by atoms with Crippen molar-refractivity contribution >= 4 is 5.78 Å². The Morgan fingerprint density at radius 3 is 2.53 bits per heavy atom. The molecule has 0 atom stereocenters. The minimum atomic E-state index is -0.610. The van der Waals surface area contributed by atoms with Crippen LogP contribution < -0.4 is 0 Å². The minimum Gasteiger partial charge on any atom is -0.367 e. The third-order valence-corrected chi connectivity index (χ3v) is 3.88. The number of carbonyl (C=O) groups is 1. The number of aromatic nitrogens is 1. The Labute approximate surface area is 115 Å². The van der Waals surface area contributed by atoms with E-state index in [0.29, 0.717) is 12.2 Å². The van der Waals surface area contributed by atoms with E-state index in [9.17, 15) is 4.79 Å². The standard InChI is InChI=1S/C16H23NO2/c1-3-19-16(8-6-4-5-7-9-16)15(18)14-10-13(2)11-17-12-14/h10-12H,3-9H2,1-2H3. The van der Waals surface area contributed by atoms with Crippen LogP contribution >= 0.6 is 0 Å². The molecule has 0 amide bonds. The number of Topliss-reactive ketones (excluding diaryl/α,β-unsaturated/α-hetero) is 1. The van der Waals surface area contributed by atoms with Crippen LogP contribution in [0.15, 0.2) is 18.5 Å². The van der Waals surface area contributed by atoms with Crippen molar-refractivity contribution in [3.63, 3.8) is 0 Å². The van der Waals surface area contributed by atoms with Crippen LogP contribution in [0.2, 0.25) is 0 Å². The normalized spacial score (nSPS) is 18.8. The Morgan fingerprint density at radius 2 is 1.95 bits per heavy atom. The third-order valence-electron chi connectivity index (χ3n) is 3.88. The molecule has 0 bridgehead atoms. The van der Waals surface area contributed by atoms with Crippen LogP contribution in [0.4, 0.5) is 0 Å². The molecule has 1 aromatic heterocycles. The average molecular weight is 261 g/mol. The minimum absolute atomic E-state index is 0.118. The number of nitrogens with zero attached hydrogens (tertiary/aromatic N) is 1. The number of hydrogen-bond acceptors (Lipinski definition) is 3. The van der Waals surface area contributed by atoms with Gasteiger partial charge >= 0.3 is 0 Å². The first-order chi connectivity index (χ1) is 9.18. The fourth-order valence-corrected chi connectivity index (χ4v) is 2.96. The number of carbonyl (C=O) groups excluding carboxylic acids is 1. The van der Waals surface area contributed by atoms with Crippen molar-refractivity contribution < 1.29 is 9.53 Å². The SMILES string of the molecule is CCOC1(C(=O)c2cncc(C)c2)CCCCCC1. The third kappa shape index (κ3) is 3.21. The topological polar surface area (TPSA) is 39.2 Å². The van der Waals surface area contributed by atoms with Gasteiger partial charge in [0.2, 0.25) is 0 Å². The van der Waals surface area contributed by atoms with Gasteiger partial charge in [0.1, 0.15) is 5.60 Å². The molecule has 2 rings (SSSR count). The summed E-state index contributed by atoms with van der Waals surface area (Å²) in [5.41, 5.74) is 1.10. The van der Waals surface area contributed by atoms with Gasteiger partial charge in [-0.15, -0.1) is 0 Å². The lowest BCUT2D eigenvalue weighted by atomic mass is 9.86. The summed E-state index contributed by atoms with van der Waals surface area (Å²) in [5.74, 6) is 0.118. The van der Waals surface area contributed by atoms with Gasteiger partial charge in [-0.05, 0) is 38.3 Å². The van der Waals surface area contributed by atoms with Gasteiger partial charge in [-0.2, -0.15) is 0 Å².